The van der Waals surface area contributed by atoms with E-state index in [9.17, 15) is 4.79 Å². The molecule has 102 valence electrons. The second-order valence-electron chi connectivity index (χ2n) is 5.86. The van der Waals surface area contributed by atoms with Crippen LogP contribution in [0.3, 0.4) is 0 Å². The molecule has 19 heavy (non-hydrogen) atoms. The Morgan fingerprint density at radius 2 is 2.11 bits per heavy atom. The van der Waals surface area contributed by atoms with Crippen LogP contribution in [0.25, 0.3) is 0 Å². The number of carbonyl (C=O) groups excluding carboxylic acids is 1. The van der Waals surface area contributed by atoms with E-state index < -0.39 is 5.54 Å². The maximum atomic E-state index is 12.1. The first-order chi connectivity index (χ1) is 9.10. The van der Waals surface area contributed by atoms with Crippen LogP contribution in [0.4, 0.5) is 5.69 Å². The summed E-state index contributed by atoms with van der Waals surface area (Å²) in [4.78, 5) is 14.5. The first-order valence-corrected chi connectivity index (χ1v) is 6.97. The van der Waals surface area contributed by atoms with Crippen LogP contribution in [0.1, 0.15) is 18.4 Å². The summed E-state index contributed by atoms with van der Waals surface area (Å²) in [5.74, 6) is 0.125. The van der Waals surface area contributed by atoms with Crippen molar-refractivity contribution in [1.29, 1.82) is 0 Å². The fourth-order valence-electron chi connectivity index (χ4n) is 3.42. The van der Waals surface area contributed by atoms with Crippen LogP contribution in [0.2, 0.25) is 0 Å². The Hall–Kier alpha value is -1.55. The number of piperidine rings is 1. The Bertz CT molecular complexity index is 485. The van der Waals surface area contributed by atoms with Gasteiger partial charge in [-0.15, -0.1) is 0 Å². The molecule has 0 spiro atoms. The lowest BCUT2D eigenvalue weighted by Crippen LogP contribution is -2.60. The second kappa shape index (κ2) is 4.53. The van der Waals surface area contributed by atoms with Gasteiger partial charge in [0.2, 0.25) is 5.91 Å². The van der Waals surface area contributed by atoms with Crippen LogP contribution in [0.5, 0.6) is 0 Å². The number of anilines is 1. The van der Waals surface area contributed by atoms with Crippen LogP contribution in [0.15, 0.2) is 24.3 Å². The van der Waals surface area contributed by atoms with Crippen molar-refractivity contribution in [1.82, 2.24) is 4.90 Å². The van der Waals surface area contributed by atoms with E-state index >= 15 is 0 Å². The molecule has 2 saturated heterocycles. The summed E-state index contributed by atoms with van der Waals surface area (Å²) in [6.07, 6.45) is 1.86. The first kappa shape index (κ1) is 12.5. The molecule has 3 unspecified atom stereocenters. The van der Waals surface area contributed by atoms with E-state index in [2.05, 4.69) is 29.3 Å². The van der Waals surface area contributed by atoms with E-state index in [4.69, 9.17) is 5.73 Å². The van der Waals surface area contributed by atoms with Gasteiger partial charge in [-0.2, -0.15) is 0 Å². The van der Waals surface area contributed by atoms with Crippen LogP contribution in [-0.2, 0) is 4.79 Å². The Labute approximate surface area is 114 Å². The summed E-state index contributed by atoms with van der Waals surface area (Å²) in [7, 11) is 0. The Morgan fingerprint density at radius 3 is 2.79 bits per heavy atom. The van der Waals surface area contributed by atoms with E-state index in [-0.39, 0.29) is 5.91 Å². The number of nitrogens with one attached hydrogen (secondary N) is 1. The molecule has 2 fully saturated rings. The smallest absolute Gasteiger partial charge is 0.243 e. The van der Waals surface area contributed by atoms with Crippen molar-refractivity contribution in [3.63, 3.8) is 0 Å². The number of aryl methyl sites for hydroxylation is 1. The third kappa shape index (κ3) is 2.10. The molecule has 2 bridgehead atoms. The third-order valence-corrected chi connectivity index (χ3v) is 4.65. The number of hydrogen-bond acceptors (Lipinski definition) is 3. The van der Waals surface area contributed by atoms with E-state index in [1.54, 1.807) is 0 Å². The zero-order valence-corrected chi connectivity index (χ0v) is 11.4. The van der Waals surface area contributed by atoms with Crippen LogP contribution < -0.4 is 11.1 Å². The van der Waals surface area contributed by atoms with Crippen molar-refractivity contribution >= 4 is 11.6 Å². The van der Waals surface area contributed by atoms with Gasteiger partial charge in [-0.1, -0.05) is 17.7 Å². The minimum Gasteiger partial charge on any atom is -0.371 e. The molecule has 2 aliphatic rings. The second-order valence-corrected chi connectivity index (χ2v) is 5.86. The topological polar surface area (TPSA) is 58.4 Å². The first-order valence-electron chi connectivity index (χ1n) is 6.97. The summed E-state index contributed by atoms with van der Waals surface area (Å²) in [5.41, 5.74) is 7.38. The van der Waals surface area contributed by atoms with Crippen molar-refractivity contribution in [2.75, 3.05) is 25.0 Å². The average molecular weight is 259 g/mol. The van der Waals surface area contributed by atoms with Gasteiger partial charge in [0, 0.05) is 24.7 Å². The number of primary amides is 1. The third-order valence-electron chi connectivity index (χ3n) is 4.65. The van der Waals surface area contributed by atoms with E-state index in [0.717, 1.165) is 38.2 Å². The van der Waals surface area contributed by atoms with Crippen molar-refractivity contribution in [3.8, 4) is 0 Å². The maximum absolute atomic E-state index is 12.1. The molecule has 0 aliphatic carbocycles. The summed E-state index contributed by atoms with van der Waals surface area (Å²) in [6, 6.07) is 8.17. The van der Waals surface area contributed by atoms with Gasteiger partial charge in [0.05, 0.1) is 0 Å². The molecule has 3 N–H and O–H groups in total. The van der Waals surface area contributed by atoms with Crippen molar-refractivity contribution in [2.45, 2.75) is 25.3 Å². The predicted octanol–water partition coefficient (Wildman–Crippen LogP) is 1.36. The summed E-state index contributed by atoms with van der Waals surface area (Å²) >= 11 is 0. The highest BCUT2D eigenvalue weighted by Gasteiger charge is 2.50. The van der Waals surface area contributed by atoms with E-state index in [1.165, 1.54) is 5.56 Å². The zero-order chi connectivity index (χ0) is 13.5. The van der Waals surface area contributed by atoms with Crippen LogP contribution in [0, 0.1) is 12.8 Å². The number of carbonyl (C=O) groups is 1. The SMILES string of the molecule is Cc1ccc(NC2(C(N)=O)CCN3CCC2C3)cc1. The molecule has 1 amide bonds. The molecule has 4 nitrogen and oxygen atoms in total. The standard InChI is InChI=1S/C15H21N3O/c1-11-2-4-13(5-3-11)17-15(14(16)19)7-9-18-8-6-12(15)10-18/h2-5,12,17H,6-10H2,1H3,(H2,16,19). The number of nitrogens with two attached hydrogens (primary N) is 1. The number of hydrogen-bond donors (Lipinski definition) is 2. The molecular formula is C15H21N3O. The lowest BCUT2D eigenvalue weighted by molar-refractivity contribution is -0.125. The Morgan fingerprint density at radius 1 is 1.37 bits per heavy atom. The quantitative estimate of drug-likeness (QED) is 0.861. The fraction of sp³-hybridized carbons (Fsp3) is 0.533. The highest BCUT2D eigenvalue weighted by atomic mass is 16.1. The maximum Gasteiger partial charge on any atom is 0.243 e. The molecule has 1 aromatic carbocycles. The number of fused-ring (bicyclic) bond motifs is 2. The van der Waals surface area contributed by atoms with Gasteiger partial charge in [-0.05, 0) is 38.4 Å². The molecular weight excluding hydrogens is 238 g/mol. The Kier molecular flexibility index (Phi) is 2.97. The van der Waals surface area contributed by atoms with Gasteiger partial charge in [0.1, 0.15) is 5.54 Å². The molecule has 2 heterocycles. The minimum atomic E-state index is -0.567. The van der Waals surface area contributed by atoms with Crippen molar-refractivity contribution < 1.29 is 4.79 Å². The highest BCUT2D eigenvalue weighted by Crippen LogP contribution is 2.38. The summed E-state index contributed by atoms with van der Waals surface area (Å²) < 4.78 is 0. The molecule has 2 aliphatic heterocycles. The minimum absolute atomic E-state index is 0.209. The van der Waals surface area contributed by atoms with Gasteiger partial charge in [0.25, 0.3) is 0 Å². The van der Waals surface area contributed by atoms with Gasteiger partial charge in [-0.3, -0.25) is 4.79 Å². The number of rotatable bonds is 3. The monoisotopic (exact) mass is 259 g/mol. The molecule has 4 heteroatoms. The average Bonchev–Trinajstić information content (AvgIpc) is 2.80. The van der Waals surface area contributed by atoms with Crippen molar-refractivity contribution in [3.05, 3.63) is 29.8 Å². The lowest BCUT2D eigenvalue weighted by atomic mass is 9.78. The number of amides is 1. The molecule has 0 saturated carbocycles. The zero-order valence-electron chi connectivity index (χ0n) is 11.4. The normalized spacial score (nSPS) is 33.1. The number of nitrogens with zero attached hydrogens (tertiary/aromatic N) is 1. The van der Waals surface area contributed by atoms with E-state index in [0.29, 0.717) is 5.92 Å². The van der Waals surface area contributed by atoms with E-state index in [1.807, 2.05) is 12.1 Å². The molecule has 0 radical (unpaired) electrons. The molecule has 1 aromatic rings. The molecule has 0 aromatic heterocycles. The van der Waals surface area contributed by atoms with Gasteiger partial charge in [-0.25, -0.2) is 0 Å². The predicted molar refractivity (Wildman–Crippen MR) is 75.9 cm³/mol. The molecule has 3 rings (SSSR count). The Balaban J connectivity index is 1.88. The van der Waals surface area contributed by atoms with Gasteiger partial charge in [0.15, 0.2) is 0 Å². The van der Waals surface area contributed by atoms with Crippen LogP contribution >= 0.6 is 0 Å². The highest BCUT2D eigenvalue weighted by molar-refractivity contribution is 5.88. The van der Waals surface area contributed by atoms with Crippen molar-refractivity contribution in [2.24, 2.45) is 11.7 Å². The van der Waals surface area contributed by atoms with Gasteiger partial charge < -0.3 is 16.0 Å². The van der Waals surface area contributed by atoms with Crippen LogP contribution in [-0.4, -0.2) is 36.0 Å². The lowest BCUT2D eigenvalue weighted by Gasteiger charge is -2.41. The number of benzene rings is 1. The summed E-state index contributed by atoms with van der Waals surface area (Å²) in [5, 5.41) is 3.45. The summed E-state index contributed by atoms with van der Waals surface area (Å²) in [6.45, 7) is 5.10. The van der Waals surface area contributed by atoms with Gasteiger partial charge >= 0.3 is 0 Å². The largest absolute Gasteiger partial charge is 0.371 e. The fourth-order valence-corrected chi connectivity index (χ4v) is 3.42. The molecule has 3 atom stereocenters.